The van der Waals surface area contributed by atoms with Gasteiger partial charge in [-0.1, -0.05) is 30.3 Å². The van der Waals surface area contributed by atoms with Crippen LogP contribution in [0.3, 0.4) is 0 Å². The maximum absolute atomic E-state index is 11.9. The van der Waals surface area contributed by atoms with Crippen molar-refractivity contribution in [2.45, 2.75) is 0 Å². The summed E-state index contributed by atoms with van der Waals surface area (Å²) < 4.78 is 0. The number of carbonyl (C=O) groups excluding carboxylic acids is 1. The van der Waals surface area contributed by atoms with Crippen LogP contribution in [0.25, 0.3) is 11.3 Å². The van der Waals surface area contributed by atoms with Crippen LogP contribution in [0.4, 0.5) is 0 Å². The molecule has 3 N–H and O–H groups in total. The second-order valence-electron chi connectivity index (χ2n) is 4.22. The summed E-state index contributed by atoms with van der Waals surface area (Å²) in [4.78, 5) is 23.6. The summed E-state index contributed by atoms with van der Waals surface area (Å²) in [5.41, 5.74) is 0.474. The Morgan fingerprint density at radius 3 is 2.67 bits per heavy atom. The summed E-state index contributed by atoms with van der Waals surface area (Å²) in [5.74, 6) is -0.659. The third kappa shape index (κ3) is 3.56. The predicted octanol–water partition coefficient (Wildman–Crippen LogP) is 1.33. The van der Waals surface area contributed by atoms with Crippen LogP contribution in [-0.4, -0.2) is 27.8 Å². The fourth-order valence-electron chi connectivity index (χ4n) is 1.61. The highest BCUT2D eigenvalue weighted by atomic mass is 35.5. The molecule has 0 unspecified atom stereocenters. The van der Waals surface area contributed by atoms with Crippen LogP contribution in [-0.2, 0) is 0 Å². The molecule has 21 heavy (non-hydrogen) atoms. The summed E-state index contributed by atoms with van der Waals surface area (Å²) in [6.07, 6.45) is 0. The van der Waals surface area contributed by atoms with Crippen LogP contribution in [0.2, 0.25) is 5.02 Å². The highest BCUT2D eigenvalue weighted by Crippen LogP contribution is 2.19. The molecule has 1 heterocycles. The maximum Gasteiger partial charge on any atom is 0.277 e. The number of aliphatic hydroxyl groups excluding tert-OH is 1. The predicted molar refractivity (Wildman–Crippen MR) is 79.0 cm³/mol. The van der Waals surface area contributed by atoms with Crippen molar-refractivity contribution in [1.29, 1.82) is 0 Å². The highest BCUT2D eigenvalue weighted by molar-refractivity contribution is 6.30. The molecule has 0 saturated heterocycles. The Kier molecular flexibility index (Phi) is 4.52. The molecule has 0 radical (unpaired) electrons. The molecule has 1 aromatic heterocycles. The van der Waals surface area contributed by atoms with Crippen molar-refractivity contribution in [2.75, 3.05) is 6.61 Å². The molecule has 2 rings (SSSR count). The van der Waals surface area contributed by atoms with Gasteiger partial charge in [-0.25, -0.2) is 5.10 Å². The van der Waals surface area contributed by atoms with Gasteiger partial charge in [-0.2, -0.15) is 5.10 Å². The topological polar surface area (TPSA) is 95.1 Å². The third-order valence-electron chi connectivity index (χ3n) is 2.67. The van der Waals surface area contributed by atoms with Crippen molar-refractivity contribution in [1.82, 2.24) is 15.5 Å². The number of carbonyl (C=O) groups is 1. The lowest BCUT2D eigenvalue weighted by molar-refractivity contribution is 0.0958. The van der Waals surface area contributed by atoms with Crippen LogP contribution in [0, 0.1) is 0 Å². The van der Waals surface area contributed by atoms with Crippen LogP contribution in [0.1, 0.15) is 10.4 Å². The van der Waals surface area contributed by atoms with Crippen molar-refractivity contribution >= 4 is 17.5 Å². The number of aromatic amines is 1. The Morgan fingerprint density at radius 2 is 2.05 bits per heavy atom. The van der Waals surface area contributed by atoms with E-state index in [0.29, 0.717) is 16.3 Å². The second-order valence-corrected chi connectivity index (χ2v) is 4.66. The zero-order valence-corrected chi connectivity index (χ0v) is 11.6. The van der Waals surface area contributed by atoms with Gasteiger partial charge in [-0.05, 0) is 18.2 Å². The van der Waals surface area contributed by atoms with E-state index in [1.165, 1.54) is 6.07 Å². The van der Waals surface area contributed by atoms with Crippen molar-refractivity contribution in [3.05, 3.63) is 63.5 Å². The zero-order valence-electron chi connectivity index (χ0n) is 10.9. The van der Waals surface area contributed by atoms with E-state index in [9.17, 15) is 9.59 Å². The van der Waals surface area contributed by atoms with Gasteiger partial charge in [-0.15, -0.1) is 0 Å². The summed E-state index contributed by atoms with van der Waals surface area (Å²) in [6, 6.07) is 8.16. The molecule has 2 aromatic rings. The number of halogens is 1. The number of hydrogen-bond acceptors (Lipinski definition) is 4. The molecule has 0 saturated carbocycles. The van der Waals surface area contributed by atoms with Gasteiger partial charge in [0.2, 0.25) is 0 Å². The Labute approximate surface area is 125 Å². The van der Waals surface area contributed by atoms with Crippen LogP contribution in [0.15, 0.2) is 47.4 Å². The first kappa shape index (κ1) is 15.0. The standard InChI is InChI=1S/C14H12ClN3O3/c1-8(7-19)16-13(20)11-6-12(17-18-14(11)21)9-2-4-10(15)5-3-9/h2-6,19H,1,7H2,(H,16,20)(H,18,21). The molecule has 1 aromatic carbocycles. The lowest BCUT2D eigenvalue weighted by Crippen LogP contribution is -2.30. The van der Waals surface area contributed by atoms with Gasteiger partial charge < -0.3 is 10.4 Å². The highest BCUT2D eigenvalue weighted by Gasteiger charge is 2.13. The van der Waals surface area contributed by atoms with E-state index in [-0.39, 0.29) is 11.3 Å². The van der Waals surface area contributed by atoms with Crippen molar-refractivity contribution < 1.29 is 9.90 Å². The number of amides is 1. The van der Waals surface area contributed by atoms with Crippen molar-refractivity contribution in [3.8, 4) is 11.3 Å². The quantitative estimate of drug-likeness (QED) is 0.794. The van der Waals surface area contributed by atoms with Crippen LogP contribution >= 0.6 is 11.6 Å². The fraction of sp³-hybridized carbons (Fsp3) is 0.0714. The van der Waals surface area contributed by atoms with Crippen molar-refractivity contribution in [3.63, 3.8) is 0 Å². The monoisotopic (exact) mass is 305 g/mol. The number of hydrogen-bond donors (Lipinski definition) is 3. The molecule has 1 amide bonds. The maximum atomic E-state index is 11.9. The number of aliphatic hydroxyl groups is 1. The van der Waals surface area contributed by atoms with Gasteiger partial charge in [0.05, 0.1) is 12.3 Å². The lowest BCUT2D eigenvalue weighted by atomic mass is 10.1. The fourth-order valence-corrected chi connectivity index (χ4v) is 1.74. The molecule has 0 fully saturated rings. The molecule has 108 valence electrons. The number of nitrogens with one attached hydrogen (secondary N) is 2. The summed E-state index contributed by atoms with van der Waals surface area (Å²) in [5, 5.41) is 17.9. The number of nitrogens with zero attached hydrogens (tertiary/aromatic N) is 1. The van der Waals surface area contributed by atoms with Crippen molar-refractivity contribution in [2.24, 2.45) is 0 Å². The summed E-state index contributed by atoms with van der Waals surface area (Å²) >= 11 is 5.80. The second kappa shape index (κ2) is 6.34. The van der Waals surface area contributed by atoms with Gasteiger partial charge in [-0.3, -0.25) is 9.59 Å². The molecule has 0 spiro atoms. The van der Waals surface area contributed by atoms with E-state index in [1.54, 1.807) is 24.3 Å². The minimum absolute atomic E-state index is 0.101. The molecule has 0 bridgehead atoms. The van der Waals surface area contributed by atoms with Gasteiger partial charge >= 0.3 is 0 Å². The van der Waals surface area contributed by atoms with Gasteiger partial charge in [0.15, 0.2) is 0 Å². The minimum Gasteiger partial charge on any atom is -0.390 e. The minimum atomic E-state index is -0.659. The van der Waals surface area contributed by atoms with E-state index < -0.39 is 18.1 Å². The average Bonchev–Trinajstić information content (AvgIpc) is 2.48. The Bertz CT molecular complexity index is 738. The molecular formula is C14H12ClN3O3. The first-order valence-corrected chi connectivity index (χ1v) is 6.34. The average molecular weight is 306 g/mol. The van der Waals surface area contributed by atoms with Gasteiger partial charge in [0.1, 0.15) is 5.56 Å². The molecule has 0 aliphatic carbocycles. The number of aromatic nitrogens is 2. The lowest BCUT2D eigenvalue weighted by Gasteiger charge is -2.06. The molecule has 6 nitrogen and oxygen atoms in total. The SMILES string of the molecule is C=C(CO)NC(=O)c1cc(-c2ccc(Cl)cc2)n[nH]c1=O. The largest absolute Gasteiger partial charge is 0.390 e. The van der Waals surface area contributed by atoms with Gasteiger partial charge in [0, 0.05) is 16.3 Å². The van der Waals surface area contributed by atoms with Crippen LogP contribution < -0.4 is 10.9 Å². The third-order valence-corrected chi connectivity index (χ3v) is 2.92. The number of benzene rings is 1. The Morgan fingerprint density at radius 1 is 1.38 bits per heavy atom. The summed E-state index contributed by atoms with van der Waals surface area (Å²) in [6.45, 7) is 3.03. The zero-order chi connectivity index (χ0) is 15.4. The Hall–Kier alpha value is -2.44. The molecule has 0 aliphatic heterocycles. The van der Waals surface area contributed by atoms with E-state index in [2.05, 4.69) is 22.1 Å². The van der Waals surface area contributed by atoms with E-state index in [0.717, 1.165) is 0 Å². The smallest absolute Gasteiger partial charge is 0.277 e. The molecular weight excluding hydrogens is 294 g/mol. The first-order chi connectivity index (χ1) is 10.0. The number of H-pyrrole nitrogens is 1. The van der Waals surface area contributed by atoms with E-state index in [4.69, 9.17) is 16.7 Å². The normalized spacial score (nSPS) is 10.2. The van der Waals surface area contributed by atoms with Gasteiger partial charge in [0.25, 0.3) is 11.5 Å². The van der Waals surface area contributed by atoms with E-state index >= 15 is 0 Å². The molecule has 0 aliphatic rings. The first-order valence-electron chi connectivity index (χ1n) is 5.97. The molecule has 7 heteroatoms. The molecule has 0 atom stereocenters. The number of rotatable bonds is 4. The van der Waals surface area contributed by atoms with E-state index in [1.807, 2.05) is 0 Å². The summed E-state index contributed by atoms with van der Waals surface area (Å²) in [7, 11) is 0. The Balaban J connectivity index is 2.37. The van der Waals surface area contributed by atoms with Crippen LogP contribution in [0.5, 0.6) is 0 Å².